The summed E-state index contributed by atoms with van der Waals surface area (Å²) in [5.74, 6) is 0. The molecule has 0 spiro atoms. The summed E-state index contributed by atoms with van der Waals surface area (Å²) in [4.78, 5) is 12.6. The lowest BCUT2D eigenvalue weighted by Gasteiger charge is -2.15. The van der Waals surface area contributed by atoms with E-state index in [0.717, 1.165) is 29.7 Å². The van der Waals surface area contributed by atoms with Crippen molar-refractivity contribution in [1.82, 2.24) is 4.90 Å². The van der Waals surface area contributed by atoms with Crippen LogP contribution in [0.4, 0.5) is 5.69 Å². The molecule has 1 saturated heterocycles. The average molecular weight is 285 g/mol. The number of halogens is 1. The molecule has 1 heterocycles. The zero-order valence-corrected chi connectivity index (χ0v) is 10.4. The van der Waals surface area contributed by atoms with Gasteiger partial charge in [0.15, 0.2) is 0 Å². The number of nitro benzene ring substituents is 1. The Morgan fingerprint density at radius 2 is 2.06 bits per heavy atom. The highest BCUT2D eigenvalue weighted by atomic mass is 79.9. The highest BCUT2D eigenvalue weighted by Gasteiger charge is 2.15. The van der Waals surface area contributed by atoms with Crippen LogP contribution in [0.5, 0.6) is 0 Å². The quantitative estimate of drug-likeness (QED) is 0.633. The van der Waals surface area contributed by atoms with Crippen LogP contribution < -0.4 is 0 Å². The van der Waals surface area contributed by atoms with Gasteiger partial charge in [0.05, 0.1) is 4.92 Å². The van der Waals surface area contributed by atoms with Crippen LogP contribution in [0, 0.1) is 10.1 Å². The standard InChI is InChI=1S/C11H13BrN2O2/c12-11-7-10(14(15)16)4-3-9(11)8-13-5-1-2-6-13/h3-4,7H,1-2,5-6,8H2. The number of hydrogen-bond acceptors (Lipinski definition) is 3. The molecule has 1 fully saturated rings. The normalized spacial score (nSPS) is 16.6. The van der Waals surface area contributed by atoms with Crippen molar-refractivity contribution in [3.63, 3.8) is 0 Å². The van der Waals surface area contributed by atoms with Crippen molar-refractivity contribution >= 4 is 21.6 Å². The Balaban J connectivity index is 2.12. The SMILES string of the molecule is O=[N+]([O-])c1ccc(CN2CCCC2)c(Br)c1. The molecular weight excluding hydrogens is 272 g/mol. The highest BCUT2D eigenvalue weighted by molar-refractivity contribution is 9.10. The average Bonchev–Trinajstić information content (AvgIpc) is 2.73. The summed E-state index contributed by atoms with van der Waals surface area (Å²) in [6.07, 6.45) is 2.51. The maximum Gasteiger partial charge on any atom is 0.270 e. The topological polar surface area (TPSA) is 46.4 Å². The van der Waals surface area contributed by atoms with Gasteiger partial charge in [-0.1, -0.05) is 15.9 Å². The third-order valence-electron chi connectivity index (χ3n) is 2.84. The summed E-state index contributed by atoms with van der Waals surface area (Å²) < 4.78 is 0.827. The van der Waals surface area contributed by atoms with Gasteiger partial charge in [0, 0.05) is 23.2 Å². The van der Waals surface area contributed by atoms with Crippen molar-refractivity contribution in [3.8, 4) is 0 Å². The minimum atomic E-state index is -0.371. The number of likely N-dealkylation sites (tertiary alicyclic amines) is 1. The van der Waals surface area contributed by atoms with Gasteiger partial charge in [0.1, 0.15) is 0 Å². The Morgan fingerprint density at radius 3 is 2.62 bits per heavy atom. The zero-order valence-electron chi connectivity index (χ0n) is 8.86. The van der Waals surface area contributed by atoms with Crippen LogP contribution in [-0.4, -0.2) is 22.9 Å². The van der Waals surface area contributed by atoms with Crippen LogP contribution in [0.25, 0.3) is 0 Å². The Morgan fingerprint density at radius 1 is 1.38 bits per heavy atom. The molecular formula is C11H13BrN2O2. The first-order valence-electron chi connectivity index (χ1n) is 5.32. The van der Waals surface area contributed by atoms with Crippen molar-refractivity contribution in [2.45, 2.75) is 19.4 Å². The molecule has 0 radical (unpaired) electrons. The number of benzene rings is 1. The van der Waals surface area contributed by atoms with Gasteiger partial charge in [-0.05, 0) is 37.6 Å². The van der Waals surface area contributed by atoms with Gasteiger partial charge in [-0.15, -0.1) is 0 Å². The Bertz CT molecular complexity index is 403. The molecule has 16 heavy (non-hydrogen) atoms. The van der Waals surface area contributed by atoms with Crippen LogP contribution in [0.15, 0.2) is 22.7 Å². The van der Waals surface area contributed by atoms with E-state index in [1.807, 2.05) is 6.07 Å². The second-order valence-corrected chi connectivity index (χ2v) is 4.87. The van der Waals surface area contributed by atoms with E-state index < -0.39 is 0 Å². The second kappa shape index (κ2) is 4.93. The van der Waals surface area contributed by atoms with Gasteiger partial charge >= 0.3 is 0 Å². The van der Waals surface area contributed by atoms with Crippen molar-refractivity contribution in [2.24, 2.45) is 0 Å². The lowest BCUT2D eigenvalue weighted by atomic mass is 10.2. The molecule has 4 nitrogen and oxygen atoms in total. The summed E-state index contributed by atoms with van der Waals surface area (Å²) in [5.41, 5.74) is 1.25. The molecule has 0 aliphatic carbocycles. The number of hydrogen-bond donors (Lipinski definition) is 0. The molecule has 86 valence electrons. The summed E-state index contributed by atoms with van der Waals surface area (Å²) >= 11 is 3.39. The number of rotatable bonds is 3. The van der Waals surface area contributed by atoms with E-state index in [2.05, 4.69) is 20.8 Å². The molecule has 1 aromatic rings. The highest BCUT2D eigenvalue weighted by Crippen LogP contribution is 2.25. The van der Waals surface area contributed by atoms with Gasteiger partial charge in [0.25, 0.3) is 5.69 Å². The molecule has 0 unspecified atom stereocenters. The Kier molecular flexibility index (Phi) is 3.56. The third kappa shape index (κ3) is 2.59. The summed E-state index contributed by atoms with van der Waals surface area (Å²) in [6.45, 7) is 3.13. The fraction of sp³-hybridized carbons (Fsp3) is 0.455. The molecule has 1 aromatic carbocycles. The summed E-state index contributed by atoms with van der Waals surface area (Å²) in [5, 5.41) is 10.6. The van der Waals surface area contributed by atoms with Crippen molar-refractivity contribution in [2.75, 3.05) is 13.1 Å². The van der Waals surface area contributed by atoms with E-state index in [1.54, 1.807) is 12.1 Å². The minimum absolute atomic E-state index is 0.136. The third-order valence-corrected chi connectivity index (χ3v) is 3.58. The predicted molar refractivity (Wildman–Crippen MR) is 65.3 cm³/mol. The van der Waals surface area contributed by atoms with Gasteiger partial charge in [-0.25, -0.2) is 0 Å². The van der Waals surface area contributed by atoms with E-state index in [-0.39, 0.29) is 10.6 Å². The lowest BCUT2D eigenvalue weighted by molar-refractivity contribution is -0.384. The van der Waals surface area contributed by atoms with Crippen LogP contribution >= 0.6 is 15.9 Å². The molecule has 0 aromatic heterocycles. The summed E-state index contributed by atoms with van der Waals surface area (Å²) in [6, 6.07) is 4.97. The number of non-ortho nitro benzene ring substituents is 1. The van der Waals surface area contributed by atoms with Crippen LogP contribution in [-0.2, 0) is 6.54 Å². The van der Waals surface area contributed by atoms with E-state index in [4.69, 9.17) is 0 Å². The van der Waals surface area contributed by atoms with Crippen molar-refractivity contribution < 1.29 is 4.92 Å². The molecule has 0 amide bonds. The van der Waals surface area contributed by atoms with E-state index in [1.165, 1.54) is 12.8 Å². The Labute approximate surface area is 103 Å². The first kappa shape index (κ1) is 11.5. The lowest BCUT2D eigenvalue weighted by Crippen LogP contribution is -2.18. The first-order chi connectivity index (χ1) is 7.66. The number of nitrogens with zero attached hydrogens (tertiary/aromatic N) is 2. The van der Waals surface area contributed by atoms with Crippen molar-refractivity contribution in [3.05, 3.63) is 38.3 Å². The monoisotopic (exact) mass is 284 g/mol. The minimum Gasteiger partial charge on any atom is -0.299 e. The van der Waals surface area contributed by atoms with Gasteiger partial charge in [-0.2, -0.15) is 0 Å². The molecule has 5 heteroatoms. The van der Waals surface area contributed by atoms with Gasteiger partial charge in [0.2, 0.25) is 0 Å². The predicted octanol–water partition coefficient (Wildman–Crippen LogP) is 2.95. The fourth-order valence-electron chi connectivity index (χ4n) is 1.96. The van der Waals surface area contributed by atoms with Crippen LogP contribution in [0.2, 0.25) is 0 Å². The molecule has 1 aliphatic heterocycles. The van der Waals surface area contributed by atoms with Crippen LogP contribution in [0.3, 0.4) is 0 Å². The Hall–Kier alpha value is -0.940. The molecule has 0 bridgehead atoms. The van der Waals surface area contributed by atoms with E-state index >= 15 is 0 Å². The smallest absolute Gasteiger partial charge is 0.270 e. The molecule has 0 atom stereocenters. The summed E-state index contributed by atoms with van der Waals surface area (Å²) in [7, 11) is 0. The molecule has 2 rings (SSSR count). The fourth-order valence-corrected chi connectivity index (χ4v) is 2.45. The van der Waals surface area contributed by atoms with Gasteiger partial charge in [-0.3, -0.25) is 15.0 Å². The number of nitro groups is 1. The largest absolute Gasteiger partial charge is 0.299 e. The van der Waals surface area contributed by atoms with E-state index in [0.29, 0.717) is 0 Å². The molecule has 0 N–H and O–H groups in total. The maximum atomic E-state index is 10.6. The second-order valence-electron chi connectivity index (χ2n) is 4.02. The maximum absolute atomic E-state index is 10.6. The van der Waals surface area contributed by atoms with Crippen molar-refractivity contribution in [1.29, 1.82) is 0 Å². The molecule has 0 saturated carbocycles. The molecule has 1 aliphatic rings. The first-order valence-corrected chi connectivity index (χ1v) is 6.11. The van der Waals surface area contributed by atoms with Crippen LogP contribution in [0.1, 0.15) is 18.4 Å². The zero-order chi connectivity index (χ0) is 11.5. The van der Waals surface area contributed by atoms with E-state index in [9.17, 15) is 10.1 Å². The van der Waals surface area contributed by atoms with Gasteiger partial charge < -0.3 is 0 Å².